The van der Waals surface area contributed by atoms with E-state index < -0.39 is 5.60 Å². The predicted molar refractivity (Wildman–Crippen MR) is 107 cm³/mol. The van der Waals surface area contributed by atoms with Gasteiger partial charge in [-0.2, -0.15) is 0 Å². The number of carbonyl (C=O) groups is 1. The Morgan fingerprint density at radius 3 is 2.38 bits per heavy atom. The molecular weight excluding hydrogens is 394 g/mol. The summed E-state index contributed by atoms with van der Waals surface area (Å²) >= 11 is 3.58. The second-order valence-electron chi connectivity index (χ2n) is 6.99. The zero-order valence-corrected chi connectivity index (χ0v) is 17.4. The van der Waals surface area contributed by atoms with E-state index in [1.807, 2.05) is 76.2 Å². The van der Waals surface area contributed by atoms with Gasteiger partial charge in [0.15, 0.2) is 0 Å². The van der Waals surface area contributed by atoms with Gasteiger partial charge in [-0.1, -0.05) is 52.3 Å². The van der Waals surface area contributed by atoms with Gasteiger partial charge in [0.25, 0.3) is 0 Å². The van der Waals surface area contributed by atoms with E-state index >= 15 is 0 Å². The van der Waals surface area contributed by atoms with Crippen molar-refractivity contribution in [1.29, 1.82) is 0 Å². The molecule has 0 radical (unpaired) electrons. The van der Waals surface area contributed by atoms with Crippen LogP contribution in [0.3, 0.4) is 0 Å². The molecule has 2 rings (SSSR count). The first-order chi connectivity index (χ1) is 12.3. The summed E-state index contributed by atoms with van der Waals surface area (Å²) in [6, 6.07) is 15.8. The van der Waals surface area contributed by atoms with Crippen LogP contribution in [0.4, 0.5) is 4.79 Å². The largest absolute Gasteiger partial charge is 0.489 e. The smallest absolute Gasteiger partial charge is 0.410 e. The molecule has 0 aliphatic carbocycles. The summed E-state index contributed by atoms with van der Waals surface area (Å²) < 4.78 is 12.4. The molecule has 2 aromatic carbocycles. The van der Waals surface area contributed by atoms with Crippen LogP contribution in [0.2, 0.25) is 0 Å². The molecular formula is C21H26BrNO3. The van der Waals surface area contributed by atoms with Crippen LogP contribution >= 0.6 is 15.9 Å². The Hall–Kier alpha value is -2.01. The molecule has 0 heterocycles. The third-order valence-corrected chi connectivity index (χ3v) is 4.44. The fourth-order valence-corrected chi connectivity index (χ4v) is 2.86. The average Bonchev–Trinajstić information content (AvgIpc) is 2.58. The van der Waals surface area contributed by atoms with Crippen molar-refractivity contribution in [3.05, 3.63) is 64.1 Å². The fourth-order valence-electron chi connectivity index (χ4n) is 2.39. The SMILES string of the molecule is CCN(Cc1c(Br)cccc1OCc1ccccc1)C(=O)OC(C)(C)C. The molecule has 0 atom stereocenters. The number of halogens is 1. The summed E-state index contributed by atoms with van der Waals surface area (Å²) in [7, 11) is 0. The summed E-state index contributed by atoms with van der Waals surface area (Å²) in [5.41, 5.74) is 1.50. The van der Waals surface area contributed by atoms with Gasteiger partial charge in [0.2, 0.25) is 0 Å². The number of rotatable bonds is 6. The Kier molecular flexibility index (Phi) is 7.09. The Labute approximate surface area is 164 Å². The predicted octanol–water partition coefficient (Wildman–Crippen LogP) is 5.79. The minimum atomic E-state index is -0.523. The maximum Gasteiger partial charge on any atom is 0.410 e. The molecule has 0 saturated carbocycles. The zero-order valence-electron chi connectivity index (χ0n) is 15.8. The van der Waals surface area contributed by atoms with E-state index in [2.05, 4.69) is 15.9 Å². The first-order valence-electron chi connectivity index (χ1n) is 8.72. The first-order valence-corrected chi connectivity index (χ1v) is 9.51. The number of carbonyl (C=O) groups excluding carboxylic acids is 1. The molecule has 0 unspecified atom stereocenters. The average molecular weight is 420 g/mol. The van der Waals surface area contributed by atoms with Crippen molar-refractivity contribution < 1.29 is 14.3 Å². The van der Waals surface area contributed by atoms with Crippen molar-refractivity contribution in [3.63, 3.8) is 0 Å². The van der Waals surface area contributed by atoms with Crippen LogP contribution in [0.1, 0.15) is 38.8 Å². The lowest BCUT2D eigenvalue weighted by Gasteiger charge is -2.27. The minimum absolute atomic E-state index is 0.329. The standard InChI is InChI=1S/C21H26BrNO3/c1-5-23(20(24)26-21(2,3)4)14-17-18(22)12-9-13-19(17)25-15-16-10-7-6-8-11-16/h6-13H,5,14-15H2,1-4H3. The molecule has 2 aromatic rings. The van der Waals surface area contributed by atoms with Crippen LogP contribution in [0.25, 0.3) is 0 Å². The van der Waals surface area contributed by atoms with Gasteiger partial charge in [-0.3, -0.25) is 0 Å². The topological polar surface area (TPSA) is 38.8 Å². The summed E-state index contributed by atoms with van der Waals surface area (Å²) in [5, 5.41) is 0. The molecule has 1 amide bonds. The highest BCUT2D eigenvalue weighted by Crippen LogP contribution is 2.29. The van der Waals surface area contributed by atoms with Gasteiger partial charge in [-0.15, -0.1) is 0 Å². The Morgan fingerprint density at radius 1 is 1.08 bits per heavy atom. The highest BCUT2D eigenvalue weighted by Gasteiger charge is 2.23. The van der Waals surface area contributed by atoms with Gasteiger partial charge < -0.3 is 14.4 Å². The Bertz CT molecular complexity index is 726. The highest BCUT2D eigenvalue weighted by atomic mass is 79.9. The van der Waals surface area contributed by atoms with Gasteiger partial charge >= 0.3 is 6.09 Å². The van der Waals surface area contributed by atoms with E-state index in [-0.39, 0.29) is 6.09 Å². The summed E-state index contributed by atoms with van der Waals surface area (Å²) in [4.78, 5) is 14.1. The lowest BCUT2D eigenvalue weighted by molar-refractivity contribution is 0.0243. The van der Waals surface area contributed by atoms with Crippen LogP contribution in [0.15, 0.2) is 53.0 Å². The normalized spacial score (nSPS) is 11.1. The van der Waals surface area contributed by atoms with Crippen LogP contribution in [0, 0.1) is 0 Å². The third kappa shape index (κ3) is 6.06. The minimum Gasteiger partial charge on any atom is -0.489 e. The lowest BCUT2D eigenvalue weighted by atomic mass is 10.2. The van der Waals surface area contributed by atoms with Gasteiger partial charge in [-0.25, -0.2) is 4.79 Å². The van der Waals surface area contributed by atoms with Crippen molar-refractivity contribution in [3.8, 4) is 5.75 Å². The Balaban J connectivity index is 2.15. The van der Waals surface area contributed by atoms with Crippen LogP contribution in [0.5, 0.6) is 5.75 Å². The molecule has 0 fully saturated rings. The molecule has 0 aliphatic rings. The molecule has 0 bridgehead atoms. The molecule has 0 aromatic heterocycles. The number of hydrogen-bond acceptors (Lipinski definition) is 3. The van der Waals surface area contributed by atoms with Gasteiger partial charge in [-0.05, 0) is 45.4 Å². The van der Waals surface area contributed by atoms with E-state index in [0.29, 0.717) is 19.7 Å². The molecule has 0 spiro atoms. The first kappa shape index (κ1) is 20.3. The number of benzene rings is 2. The third-order valence-electron chi connectivity index (χ3n) is 3.70. The van der Waals surface area contributed by atoms with Gasteiger partial charge in [0.05, 0.1) is 6.54 Å². The quantitative estimate of drug-likeness (QED) is 0.594. The number of ether oxygens (including phenoxy) is 2. The lowest BCUT2D eigenvalue weighted by Crippen LogP contribution is -2.36. The van der Waals surface area contributed by atoms with Crippen molar-refractivity contribution in [2.75, 3.05) is 6.54 Å². The van der Waals surface area contributed by atoms with E-state index in [0.717, 1.165) is 21.3 Å². The number of nitrogens with zero attached hydrogens (tertiary/aromatic N) is 1. The van der Waals surface area contributed by atoms with E-state index in [1.54, 1.807) is 4.90 Å². The highest BCUT2D eigenvalue weighted by molar-refractivity contribution is 9.10. The summed E-state index contributed by atoms with van der Waals surface area (Å²) in [6.07, 6.45) is -0.329. The van der Waals surface area contributed by atoms with Crippen molar-refractivity contribution in [2.24, 2.45) is 0 Å². The fraction of sp³-hybridized carbons (Fsp3) is 0.381. The van der Waals surface area contributed by atoms with E-state index in [9.17, 15) is 4.79 Å². The van der Waals surface area contributed by atoms with Gasteiger partial charge in [0, 0.05) is 16.6 Å². The monoisotopic (exact) mass is 419 g/mol. The molecule has 26 heavy (non-hydrogen) atoms. The van der Waals surface area contributed by atoms with E-state index in [4.69, 9.17) is 9.47 Å². The molecule has 0 saturated heterocycles. The zero-order chi connectivity index (χ0) is 19.2. The number of amides is 1. The van der Waals surface area contributed by atoms with E-state index in [1.165, 1.54) is 0 Å². The Morgan fingerprint density at radius 2 is 1.77 bits per heavy atom. The van der Waals surface area contributed by atoms with Crippen molar-refractivity contribution in [1.82, 2.24) is 4.90 Å². The second kappa shape index (κ2) is 9.08. The van der Waals surface area contributed by atoms with Crippen molar-refractivity contribution in [2.45, 2.75) is 46.4 Å². The maximum atomic E-state index is 12.4. The number of hydrogen-bond donors (Lipinski definition) is 0. The molecule has 0 N–H and O–H groups in total. The summed E-state index contributed by atoms with van der Waals surface area (Å²) in [5.74, 6) is 0.755. The molecule has 5 heteroatoms. The maximum absolute atomic E-state index is 12.4. The van der Waals surface area contributed by atoms with Gasteiger partial charge in [0.1, 0.15) is 18.0 Å². The van der Waals surface area contributed by atoms with Crippen LogP contribution < -0.4 is 4.74 Å². The van der Waals surface area contributed by atoms with Crippen LogP contribution in [-0.2, 0) is 17.9 Å². The molecule has 0 aliphatic heterocycles. The summed E-state index contributed by atoms with van der Waals surface area (Å²) in [6.45, 7) is 8.97. The second-order valence-corrected chi connectivity index (χ2v) is 7.84. The molecule has 140 valence electrons. The van der Waals surface area contributed by atoms with Crippen molar-refractivity contribution >= 4 is 22.0 Å². The van der Waals surface area contributed by atoms with Crippen LogP contribution in [-0.4, -0.2) is 23.1 Å². The molecule has 4 nitrogen and oxygen atoms in total.